The topological polar surface area (TPSA) is 48.9 Å². The number of ether oxygens (including phenoxy) is 1. The first-order valence-electron chi connectivity index (χ1n) is 8.90. The van der Waals surface area contributed by atoms with E-state index in [2.05, 4.69) is 15.6 Å². The lowest BCUT2D eigenvalue weighted by Gasteiger charge is -2.21. The second-order valence-electron chi connectivity index (χ2n) is 6.38. The first kappa shape index (κ1) is 22.2. The smallest absolute Gasteiger partial charge is 0.191 e. The molecule has 28 heavy (non-hydrogen) atoms. The zero-order chi connectivity index (χ0) is 19.2. The van der Waals surface area contributed by atoms with E-state index in [1.54, 1.807) is 19.1 Å². The molecule has 0 spiro atoms. The monoisotopic (exact) mass is 502 g/mol. The molecule has 3 rings (SSSR count). The molecular formula is C20H25F2IN4O. The van der Waals surface area contributed by atoms with Gasteiger partial charge in [0.1, 0.15) is 23.1 Å². The molecule has 1 saturated heterocycles. The fraction of sp³-hybridized carbons (Fsp3) is 0.350. The van der Waals surface area contributed by atoms with Crippen molar-refractivity contribution in [1.82, 2.24) is 10.6 Å². The summed E-state index contributed by atoms with van der Waals surface area (Å²) in [5, 5.41) is 6.58. The minimum atomic E-state index is -0.533. The lowest BCUT2D eigenvalue weighted by atomic mass is 10.2. The Kier molecular flexibility index (Phi) is 8.28. The van der Waals surface area contributed by atoms with Gasteiger partial charge < -0.3 is 20.3 Å². The van der Waals surface area contributed by atoms with Crippen LogP contribution in [0.3, 0.4) is 0 Å². The standard InChI is InChI=1S/C20H24F2N4O.HI/c1-23-20(24-12-14-6-3-4-9-18(14)27-2)25-15-10-11-26(13-15)19-16(21)7-5-8-17(19)22;/h3-9,15H,10-13H2,1-2H3,(H2,23,24,25);1H. The van der Waals surface area contributed by atoms with E-state index in [0.717, 1.165) is 17.7 Å². The number of anilines is 1. The van der Waals surface area contributed by atoms with Crippen LogP contribution in [-0.4, -0.2) is 39.2 Å². The van der Waals surface area contributed by atoms with Gasteiger partial charge in [0.15, 0.2) is 5.96 Å². The number of nitrogens with one attached hydrogen (secondary N) is 2. The molecule has 0 aromatic heterocycles. The van der Waals surface area contributed by atoms with Crippen molar-refractivity contribution in [2.24, 2.45) is 4.99 Å². The van der Waals surface area contributed by atoms with Crippen LogP contribution in [0.2, 0.25) is 0 Å². The molecule has 2 N–H and O–H groups in total. The first-order chi connectivity index (χ1) is 13.1. The van der Waals surface area contributed by atoms with E-state index in [0.29, 0.717) is 25.6 Å². The van der Waals surface area contributed by atoms with Crippen molar-refractivity contribution in [3.8, 4) is 5.75 Å². The van der Waals surface area contributed by atoms with E-state index in [-0.39, 0.29) is 35.7 Å². The maximum Gasteiger partial charge on any atom is 0.191 e. The van der Waals surface area contributed by atoms with Gasteiger partial charge in [-0.15, -0.1) is 24.0 Å². The van der Waals surface area contributed by atoms with Crippen LogP contribution in [0.25, 0.3) is 0 Å². The molecule has 2 aromatic rings. The number of nitrogens with zero attached hydrogens (tertiary/aromatic N) is 2. The summed E-state index contributed by atoms with van der Waals surface area (Å²) in [5.41, 5.74) is 1.06. The average molecular weight is 502 g/mol. The quantitative estimate of drug-likeness (QED) is 0.373. The van der Waals surface area contributed by atoms with Crippen LogP contribution in [0.5, 0.6) is 5.75 Å². The highest BCUT2D eigenvalue weighted by Gasteiger charge is 2.27. The van der Waals surface area contributed by atoms with Crippen molar-refractivity contribution < 1.29 is 13.5 Å². The Morgan fingerprint density at radius 3 is 2.57 bits per heavy atom. The Morgan fingerprint density at radius 1 is 1.18 bits per heavy atom. The highest BCUT2D eigenvalue weighted by Crippen LogP contribution is 2.26. The summed E-state index contributed by atoms with van der Waals surface area (Å²) in [5.74, 6) is 0.382. The third-order valence-electron chi connectivity index (χ3n) is 4.65. The average Bonchev–Trinajstić information content (AvgIpc) is 3.13. The number of hydrogen-bond acceptors (Lipinski definition) is 3. The Hall–Kier alpha value is -2.10. The van der Waals surface area contributed by atoms with Gasteiger partial charge in [0.25, 0.3) is 0 Å². The highest BCUT2D eigenvalue weighted by molar-refractivity contribution is 14.0. The summed E-state index contributed by atoms with van der Waals surface area (Å²) in [6.45, 7) is 1.65. The molecule has 5 nitrogen and oxygen atoms in total. The van der Waals surface area contributed by atoms with Crippen LogP contribution < -0.4 is 20.3 Å². The van der Waals surface area contributed by atoms with Crippen LogP contribution in [0.4, 0.5) is 14.5 Å². The molecule has 0 saturated carbocycles. The first-order valence-corrected chi connectivity index (χ1v) is 8.90. The molecule has 1 aliphatic heterocycles. The van der Waals surface area contributed by atoms with Crippen LogP contribution in [0.1, 0.15) is 12.0 Å². The van der Waals surface area contributed by atoms with Crippen LogP contribution in [0, 0.1) is 11.6 Å². The van der Waals surface area contributed by atoms with Crippen LogP contribution in [-0.2, 0) is 6.54 Å². The zero-order valence-electron chi connectivity index (χ0n) is 15.9. The molecule has 0 radical (unpaired) electrons. The number of benzene rings is 2. The minimum absolute atomic E-state index is 0. The van der Waals surface area contributed by atoms with Crippen LogP contribution in [0.15, 0.2) is 47.5 Å². The number of guanidine groups is 1. The van der Waals surface area contributed by atoms with Crippen molar-refractivity contribution in [2.45, 2.75) is 19.0 Å². The number of hydrogen-bond donors (Lipinski definition) is 2. The van der Waals surface area contributed by atoms with E-state index < -0.39 is 11.6 Å². The maximum absolute atomic E-state index is 14.0. The van der Waals surface area contributed by atoms with Crippen molar-refractivity contribution in [3.05, 3.63) is 59.7 Å². The molecule has 1 fully saturated rings. The third-order valence-corrected chi connectivity index (χ3v) is 4.65. The van der Waals surface area contributed by atoms with Gasteiger partial charge in [0.2, 0.25) is 0 Å². The lowest BCUT2D eigenvalue weighted by molar-refractivity contribution is 0.409. The molecule has 0 aliphatic carbocycles. The Balaban J connectivity index is 0.00000280. The van der Waals surface area contributed by atoms with Crippen molar-refractivity contribution >= 4 is 35.6 Å². The second kappa shape index (κ2) is 10.4. The fourth-order valence-electron chi connectivity index (χ4n) is 3.29. The molecule has 1 unspecified atom stereocenters. The SMILES string of the molecule is CN=C(NCc1ccccc1OC)NC1CCN(c2c(F)cccc2F)C1.I. The van der Waals surface area contributed by atoms with Gasteiger partial charge in [0, 0.05) is 38.3 Å². The molecule has 2 aromatic carbocycles. The van der Waals surface area contributed by atoms with E-state index in [9.17, 15) is 8.78 Å². The molecular weight excluding hydrogens is 477 g/mol. The van der Waals surface area contributed by atoms with Gasteiger partial charge in [-0.2, -0.15) is 0 Å². The molecule has 152 valence electrons. The molecule has 1 aliphatic rings. The Labute approximate surface area is 181 Å². The largest absolute Gasteiger partial charge is 0.496 e. The number of para-hydroxylation sites is 2. The Morgan fingerprint density at radius 2 is 1.89 bits per heavy atom. The highest BCUT2D eigenvalue weighted by atomic mass is 127. The van der Waals surface area contributed by atoms with Gasteiger partial charge in [-0.25, -0.2) is 8.78 Å². The predicted molar refractivity (Wildman–Crippen MR) is 119 cm³/mol. The van der Waals surface area contributed by atoms with E-state index in [1.165, 1.54) is 18.2 Å². The Bertz CT molecular complexity index is 798. The van der Waals surface area contributed by atoms with Crippen molar-refractivity contribution in [1.29, 1.82) is 0 Å². The zero-order valence-corrected chi connectivity index (χ0v) is 18.2. The number of halogens is 3. The van der Waals surface area contributed by atoms with Gasteiger partial charge in [0.05, 0.1) is 7.11 Å². The number of methoxy groups -OCH3 is 1. The summed E-state index contributed by atoms with van der Waals surface area (Å²) in [4.78, 5) is 5.97. The molecule has 8 heteroatoms. The fourth-order valence-corrected chi connectivity index (χ4v) is 3.29. The number of rotatable bonds is 5. The second-order valence-corrected chi connectivity index (χ2v) is 6.38. The third kappa shape index (κ3) is 5.24. The van der Waals surface area contributed by atoms with Crippen molar-refractivity contribution in [2.75, 3.05) is 32.1 Å². The summed E-state index contributed by atoms with van der Waals surface area (Å²) in [7, 11) is 3.33. The molecule has 0 amide bonds. The minimum Gasteiger partial charge on any atom is -0.496 e. The summed E-state index contributed by atoms with van der Waals surface area (Å²) < 4.78 is 33.3. The van der Waals surface area contributed by atoms with Gasteiger partial charge in [-0.3, -0.25) is 4.99 Å². The molecule has 1 heterocycles. The predicted octanol–water partition coefficient (Wildman–Crippen LogP) is 3.54. The van der Waals surface area contributed by atoms with E-state index in [1.807, 2.05) is 24.3 Å². The summed E-state index contributed by atoms with van der Waals surface area (Å²) >= 11 is 0. The molecule has 0 bridgehead atoms. The van der Waals surface area contributed by atoms with Gasteiger partial charge in [-0.05, 0) is 24.6 Å². The lowest BCUT2D eigenvalue weighted by Crippen LogP contribution is -2.44. The maximum atomic E-state index is 14.0. The normalized spacial score (nSPS) is 16.5. The van der Waals surface area contributed by atoms with E-state index >= 15 is 0 Å². The van der Waals surface area contributed by atoms with Crippen molar-refractivity contribution in [3.63, 3.8) is 0 Å². The van der Waals surface area contributed by atoms with Gasteiger partial charge in [-0.1, -0.05) is 24.3 Å². The van der Waals surface area contributed by atoms with E-state index in [4.69, 9.17) is 4.74 Å². The summed E-state index contributed by atoms with van der Waals surface area (Å²) in [6.07, 6.45) is 0.767. The van der Waals surface area contributed by atoms with Crippen LogP contribution >= 0.6 is 24.0 Å². The van der Waals surface area contributed by atoms with Gasteiger partial charge >= 0.3 is 0 Å². The molecule has 1 atom stereocenters. The number of aliphatic imine (C=N–C) groups is 1. The summed E-state index contributed by atoms with van der Waals surface area (Å²) in [6, 6.07) is 11.8.